The zero-order chi connectivity index (χ0) is 28.2. The highest BCUT2D eigenvalue weighted by Crippen LogP contribution is 2.40. The van der Waals surface area contributed by atoms with Gasteiger partial charge < -0.3 is 20.1 Å². The molecule has 2 N–H and O–H groups in total. The monoisotopic (exact) mass is 555 g/mol. The van der Waals surface area contributed by atoms with Crippen LogP contribution in [-0.2, 0) is 11.4 Å². The number of hydrogen-bond donors (Lipinski definition) is 2. The third-order valence-electron chi connectivity index (χ3n) is 6.78. The molecule has 2 heterocycles. The Morgan fingerprint density at radius 1 is 1.05 bits per heavy atom. The first kappa shape index (κ1) is 27.3. The topological polar surface area (TPSA) is 90.3 Å². The summed E-state index contributed by atoms with van der Waals surface area (Å²) in [6, 6.07) is 21.1. The Kier molecular flexibility index (Phi) is 8.11. The fourth-order valence-electron chi connectivity index (χ4n) is 4.75. The molecule has 1 atom stereocenters. The molecule has 0 fully saturated rings. The smallest absolute Gasteiger partial charge is 0.255 e. The molecule has 1 aliphatic rings. The summed E-state index contributed by atoms with van der Waals surface area (Å²) in [6.45, 7) is 8.42. The minimum Gasteiger partial charge on any atom is -0.493 e. The number of carbonyl (C=O) groups excluding carboxylic acids is 1. The van der Waals surface area contributed by atoms with Crippen LogP contribution in [0.3, 0.4) is 0 Å². The molecule has 0 spiro atoms. The van der Waals surface area contributed by atoms with E-state index in [-0.39, 0.29) is 5.91 Å². The predicted octanol–water partition coefficient (Wildman–Crippen LogP) is 6.52. The number of aryl methyl sites for hydroxylation is 2. The van der Waals surface area contributed by atoms with E-state index in [2.05, 4.69) is 41.6 Å². The number of nitrogens with zero attached hydrogens (tertiary/aromatic N) is 3. The van der Waals surface area contributed by atoms with Crippen molar-refractivity contribution in [3.63, 3.8) is 0 Å². The van der Waals surface area contributed by atoms with Crippen LogP contribution >= 0.6 is 11.8 Å². The molecule has 1 aliphatic heterocycles. The Hall–Kier alpha value is -4.24. The van der Waals surface area contributed by atoms with E-state index in [9.17, 15) is 4.79 Å². The second-order valence-electron chi connectivity index (χ2n) is 9.61. The molecule has 40 heavy (non-hydrogen) atoms. The van der Waals surface area contributed by atoms with Crippen molar-refractivity contribution in [1.82, 2.24) is 14.8 Å². The van der Waals surface area contributed by atoms with E-state index >= 15 is 0 Å². The third kappa shape index (κ3) is 5.70. The largest absolute Gasteiger partial charge is 0.493 e. The van der Waals surface area contributed by atoms with Gasteiger partial charge in [-0.2, -0.15) is 4.98 Å². The summed E-state index contributed by atoms with van der Waals surface area (Å²) in [7, 11) is 1.62. The molecule has 4 aromatic rings. The predicted molar refractivity (Wildman–Crippen MR) is 159 cm³/mol. The number of thioether (sulfide) groups is 1. The number of fused-ring (bicyclic) bond motifs is 1. The molecule has 0 saturated heterocycles. The first-order valence-electron chi connectivity index (χ1n) is 13.2. The summed E-state index contributed by atoms with van der Waals surface area (Å²) in [5.41, 5.74) is 6.14. The molecule has 9 heteroatoms. The normalized spacial score (nSPS) is 14.4. The van der Waals surface area contributed by atoms with Crippen LogP contribution in [-0.4, -0.2) is 33.5 Å². The molecule has 1 amide bonds. The SMILES string of the molecule is CCSc1nc2n(n1)C(c1ccc(OCc3ccccc3C)c(OC)c1)C(C(=O)Nc1cccc(C)c1)=C(C)N2. The fourth-order valence-corrected chi connectivity index (χ4v) is 5.30. The van der Waals surface area contributed by atoms with Gasteiger partial charge in [0.25, 0.3) is 5.91 Å². The zero-order valence-electron chi connectivity index (χ0n) is 23.3. The molecule has 0 bridgehead atoms. The Morgan fingerprint density at radius 3 is 2.62 bits per heavy atom. The van der Waals surface area contributed by atoms with E-state index in [0.29, 0.717) is 40.5 Å². The lowest BCUT2D eigenvalue weighted by Gasteiger charge is -2.29. The van der Waals surface area contributed by atoms with Gasteiger partial charge in [-0.1, -0.05) is 61.2 Å². The minimum atomic E-state index is -0.529. The van der Waals surface area contributed by atoms with Gasteiger partial charge in [-0.15, -0.1) is 5.10 Å². The molecular formula is C31H33N5O3S. The third-order valence-corrected chi connectivity index (χ3v) is 7.49. The summed E-state index contributed by atoms with van der Waals surface area (Å²) in [5.74, 6) is 2.40. The Bertz CT molecular complexity index is 1580. The van der Waals surface area contributed by atoms with Crippen molar-refractivity contribution in [2.24, 2.45) is 0 Å². The minimum absolute atomic E-state index is 0.217. The Morgan fingerprint density at radius 2 is 1.88 bits per heavy atom. The summed E-state index contributed by atoms with van der Waals surface area (Å²) >= 11 is 1.55. The van der Waals surface area contributed by atoms with E-state index in [1.54, 1.807) is 23.6 Å². The van der Waals surface area contributed by atoms with Gasteiger partial charge in [0.2, 0.25) is 11.1 Å². The van der Waals surface area contributed by atoms with Gasteiger partial charge in [0.15, 0.2) is 11.5 Å². The summed E-state index contributed by atoms with van der Waals surface area (Å²) in [6.07, 6.45) is 0. The lowest BCUT2D eigenvalue weighted by Crippen LogP contribution is -2.31. The molecule has 206 valence electrons. The number of amides is 1. The fraction of sp³-hybridized carbons (Fsp3) is 0.258. The zero-order valence-corrected chi connectivity index (χ0v) is 24.1. The average Bonchev–Trinajstić information content (AvgIpc) is 3.33. The van der Waals surface area contributed by atoms with Crippen molar-refractivity contribution >= 4 is 29.3 Å². The number of aromatic nitrogens is 3. The number of allylic oxidation sites excluding steroid dienone is 1. The van der Waals surface area contributed by atoms with Crippen molar-refractivity contribution < 1.29 is 14.3 Å². The Labute approximate surface area is 238 Å². The standard InChI is InChI=1S/C31H33N5O3S/c1-6-40-31-34-30-32-21(4)27(29(37)33-24-13-9-10-19(2)16-24)28(36(30)35-31)22-14-15-25(26(17-22)38-5)39-18-23-12-8-7-11-20(23)3/h7-17,28H,6,18H2,1-5H3,(H,33,37)(H,32,34,35). The van der Waals surface area contributed by atoms with Gasteiger partial charge in [0.05, 0.1) is 12.7 Å². The lowest BCUT2D eigenvalue weighted by atomic mass is 9.94. The summed E-state index contributed by atoms with van der Waals surface area (Å²) in [5, 5.41) is 11.8. The van der Waals surface area contributed by atoms with Gasteiger partial charge >= 0.3 is 0 Å². The Balaban J connectivity index is 1.52. The van der Waals surface area contributed by atoms with Crippen LogP contribution in [0.5, 0.6) is 11.5 Å². The maximum absolute atomic E-state index is 13.8. The molecular weight excluding hydrogens is 522 g/mol. The molecule has 0 aliphatic carbocycles. The van der Waals surface area contributed by atoms with Gasteiger partial charge in [0, 0.05) is 11.4 Å². The second kappa shape index (κ2) is 11.9. The van der Waals surface area contributed by atoms with Crippen LogP contribution in [0.4, 0.5) is 11.6 Å². The van der Waals surface area contributed by atoms with Crippen LogP contribution < -0.4 is 20.1 Å². The van der Waals surface area contributed by atoms with Crippen LogP contribution in [0.25, 0.3) is 0 Å². The lowest BCUT2D eigenvalue weighted by molar-refractivity contribution is -0.113. The van der Waals surface area contributed by atoms with Crippen LogP contribution in [0, 0.1) is 13.8 Å². The van der Waals surface area contributed by atoms with E-state index < -0.39 is 6.04 Å². The van der Waals surface area contributed by atoms with E-state index in [0.717, 1.165) is 33.7 Å². The number of methoxy groups -OCH3 is 1. The van der Waals surface area contributed by atoms with Gasteiger partial charge in [0.1, 0.15) is 12.6 Å². The number of anilines is 2. The van der Waals surface area contributed by atoms with Gasteiger partial charge in [-0.05, 0) is 73.0 Å². The molecule has 3 aromatic carbocycles. The van der Waals surface area contributed by atoms with Gasteiger partial charge in [-0.3, -0.25) is 4.79 Å². The van der Waals surface area contributed by atoms with Crippen molar-refractivity contribution in [3.8, 4) is 11.5 Å². The number of nitrogens with one attached hydrogen (secondary N) is 2. The first-order valence-corrected chi connectivity index (χ1v) is 14.2. The van der Waals surface area contributed by atoms with Crippen LogP contribution in [0.15, 0.2) is 83.2 Å². The second-order valence-corrected chi connectivity index (χ2v) is 10.8. The molecule has 0 radical (unpaired) electrons. The maximum atomic E-state index is 13.8. The van der Waals surface area contributed by atoms with Crippen molar-refractivity contribution in [2.75, 3.05) is 23.5 Å². The highest BCUT2D eigenvalue weighted by molar-refractivity contribution is 7.99. The van der Waals surface area contributed by atoms with Crippen LogP contribution in [0.1, 0.15) is 42.1 Å². The number of rotatable bonds is 9. The number of benzene rings is 3. The first-order chi connectivity index (χ1) is 19.4. The average molecular weight is 556 g/mol. The summed E-state index contributed by atoms with van der Waals surface area (Å²) in [4.78, 5) is 18.5. The van der Waals surface area contributed by atoms with E-state index in [4.69, 9.17) is 14.6 Å². The van der Waals surface area contributed by atoms with E-state index in [1.165, 1.54) is 0 Å². The van der Waals surface area contributed by atoms with Gasteiger partial charge in [-0.25, -0.2) is 4.68 Å². The molecule has 8 nitrogen and oxygen atoms in total. The van der Waals surface area contributed by atoms with Crippen molar-refractivity contribution in [2.45, 2.75) is 45.5 Å². The molecule has 5 rings (SSSR count). The summed E-state index contributed by atoms with van der Waals surface area (Å²) < 4.78 is 13.7. The van der Waals surface area contributed by atoms with Crippen LogP contribution in [0.2, 0.25) is 0 Å². The molecule has 1 aromatic heterocycles. The van der Waals surface area contributed by atoms with Crippen molar-refractivity contribution in [1.29, 1.82) is 0 Å². The number of hydrogen-bond acceptors (Lipinski definition) is 7. The van der Waals surface area contributed by atoms with Crippen molar-refractivity contribution in [3.05, 3.63) is 100 Å². The quantitative estimate of drug-likeness (QED) is 0.227. The highest BCUT2D eigenvalue weighted by Gasteiger charge is 2.35. The highest BCUT2D eigenvalue weighted by atomic mass is 32.2. The molecule has 1 unspecified atom stereocenters. The number of carbonyl (C=O) groups is 1. The van der Waals surface area contributed by atoms with E-state index in [1.807, 2.05) is 68.4 Å². The molecule has 0 saturated carbocycles. The number of ether oxygens (including phenoxy) is 2. The maximum Gasteiger partial charge on any atom is 0.255 e.